The van der Waals surface area contributed by atoms with Crippen LogP contribution in [0.15, 0.2) is 69.6 Å². The van der Waals surface area contributed by atoms with E-state index in [1.165, 1.54) is 23.1 Å². The SMILES string of the molecule is COc1cccc(-c2nnc(SCC(=O)Nc3nc(-c4ccccc4)cs3)o2)c1. The molecule has 2 aromatic carbocycles. The lowest BCUT2D eigenvalue weighted by Crippen LogP contribution is -2.13. The van der Waals surface area contributed by atoms with Gasteiger partial charge in [0.05, 0.1) is 18.6 Å². The van der Waals surface area contributed by atoms with Crippen LogP contribution in [-0.4, -0.2) is 34.0 Å². The summed E-state index contributed by atoms with van der Waals surface area (Å²) < 4.78 is 10.8. The van der Waals surface area contributed by atoms with E-state index in [1.54, 1.807) is 13.2 Å². The van der Waals surface area contributed by atoms with E-state index in [-0.39, 0.29) is 11.7 Å². The van der Waals surface area contributed by atoms with E-state index in [9.17, 15) is 4.79 Å². The van der Waals surface area contributed by atoms with E-state index in [2.05, 4.69) is 20.5 Å². The van der Waals surface area contributed by atoms with Crippen molar-refractivity contribution >= 4 is 34.1 Å². The fourth-order valence-electron chi connectivity index (χ4n) is 2.50. The molecule has 0 spiro atoms. The van der Waals surface area contributed by atoms with Gasteiger partial charge in [-0.25, -0.2) is 4.98 Å². The second kappa shape index (κ2) is 8.89. The highest BCUT2D eigenvalue weighted by molar-refractivity contribution is 7.99. The largest absolute Gasteiger partial charge is 0.497 e. The number of ether oxygens (including phenoxy) is 1. The van der Waals surface area contributed by atoms with Crippen LogP contribution in [0.2, 0.25) is 0 Å². The van der Waals surface area contributed by atoms with Crippen LogP contribution in [0, 0.1) is 0 Å². The van der Waals surface area contributed by atoms with Crippen LogP contribution in [-0.2, 0) is 4.79 Å². The molecule has 1 N–H and O–H groups in total. The van der Waals surface area contributed by atoms with E-state index in [1.807, 2.05) is 53.9 Å². The van der Waals surface area contributed by atoms with Crippen LogP contribution >= 0.6 is 23.1 Å². The molecule has 0 saturated carbocycles. The number of aromatic nitrogens is 3. The molecule has 9 heteroatoms. The zero-order valence-corrected chi connectivity index (χ0v) is 17.0. The predicted octanol–water partition coefficient (Wildman–Crippen LogP) is 4.60. The minimum absolute atomic E-state index is 0.139. The predicted molar refractivity (Wildman–Crippen MR) is 113 cm³/mol. The average Bonchev–Trinajstić information content (AvgIpc) is 3.43. The number of thioether (sulfide) groups is 1. The van der Waals surface area contributed by atoms with Crippen molar-refractivity contribution < 1.29 is 13.9 Å². The molecular weight excluding hydrogens is 408 g/mol. The topological polar surface area (TPSA) is 90.1 Å². The Bertz CT molecular complexity index is 1110. The van der Waals surface area contributed by atoms with Gasteiger partial charge < -0.3 is 14.5 Å². The number of carbonyl (C=O) groups excluding carboxylic acids is 1. The quantitative estimate of drug-likeness (QED) is 0.434. The molecule has 0 radical (unpaired) electrons. The minimum atomic E-state index is -0.190. The van der Waals surface area contributed by atoms with E-state index < -0.39 is 0 Å². The van der Waals surface area contributed by atoms with Crippen LogP contribution in [0.5, 0.6) is 5.75 Å². The summed E-state index contributed by atoms with van der Waals surface area (Å²) in [5, 5.41) is 13.6. The summed E-state index contributed by atoms with van der Waals surface area (Å²) in [6.45, 7) is 0. The standard InChI is InChI=1S/C20H16N4O3S2/c1-26-15-9-5-8-14(10-15)18-23-24-20(27-18)29-12-17(25)22-19-21-16(11-28-19)13-6-3-2-4-7-13/h2-11H,12H2,1H3,(H,21,22,25). The molecule has 146 valence electrons. The second-order valence-electron chi connectivity index (χ2n) is 5.85. The first-order valence-corrected chi connectivity index (χ1v) is 10.5. The Labute approximate surface area is 175 Å². The molecule has 2 aromatic heterocycles. The fraction of sp³-hybridized carbons (Fsp3) is 0.100. The van der Waals surface area contributed by atoms with Gasteiger partial charge >= 0.3 is 0 Å². The Morgan fingerprint density at radius 3 is 2.79 bits per heavy atom. The van der Waals surface area contributed by atoms with Gasteiger partial charge in [0.25, 0.3) is 5.22 Å². The Morgan fingerprint density at radius 2 is 1.97 bits per heavy atom. The van der Waals surface area contributed by atoms with Gasteiger partial charge in [0.1, 0.15) is 5.75 Å². The molecule has 0 unspecified atom stereocenters. The Balaban J connectivity index is 1.33. The molecule has 29 heavy (non-hydrogen) atoms. The maximum atomic E-state index is 12.2. The summed E-state index contributed by atoms with van der Waals surface area (Å²) in [5.74, 6) is 1.02. The number of nitrogens with zero attached hydrogens (tertiary/aromatic N) is 3. The maximum Gasteiger partial charge on any atom is 0.277 e. The van der Waals surface area contributed by atoms with Crippen LogP contribution < -0.4 is 10.1 Å². The van der Waals surface area contributed by atoms with Crippen LogP contribution in [0.4, 0.5) is 5.13 Å². The molecular formula is C20H16N4O3S2. The number of carbonyl (C=O) groups is 1. The van der Waals surface area contributed by atoms with Gasteiger partial charge in [-0.3, -0.25) is 4.79 Å². The van der Waals surface area contributed by atoms with Gasteiger partial charge in [0.15, 0.2) is 5.13 Å². The first-order chi connectivity index (χ1) is 14.2. The molecule has 1 amide bonds. The molecule has 0 aliphatic rings. The zero-order chi connectivity index (χ0) is 20.1. The third-order valence-corrected chi connectivity index (χ3v) is 5.45. The molecule has 7 nitrogen and oxygen atoms in total. The number of rotatable bonds is 7. The molecule has 2 heterocycles. The van der Waals surface area contributed by atoms with Crippen molar-refractivity contribution in [1.82, 2.24) is 15.2 Å². The normalized spacial score (nSPS) is 10.7. The lowest BCUT2D eigenvalue weighted by atomic mass is 10.2. The summed E-state index contributed by atoms with van der Waals surface area (Å²) in [6, 6.07) is 17.1. The molecule has 0 saturated heterocycles. The van der Waals surface area contributed by atoms with Crippen LogP contribution in [0.25, 0.3) is 22.7 Å². The summed E-state index contributed by atoms with van der Waals surface area (Å²) in [5.41, 5.74) is 2.59. The molecule has 0 aliphatic carbocycles. The second-order valence-corrected chi connectivity index (χ2v) is 7.63. The first kappa shape index (κ1) is 19.2. The number of amides is 1. The highest BCUT2D eigenvalue weighted by Crippen LogP contribution is 2.27. The first-order valence-electron chi connectivity index (χ1n) is 8.63. The van der Waals surface area contributed by atoms with Crippen LogP contribution in [0.1, 0.15) is 0 Å². The van der Waals surface area contributed by atoms with E-state index in [4.69, 9.17) is 9.15 Å². The van der Waals surface area contributed by atoms with E-state index >= 15 is 0 Å². The fourth-order valence-corrected chi connectivity index (χ4v) is 3.80. The van der Waals surface area contributed by atoms with Gasteiger partial charge in [-0.2, -0.15) is 0 Å². The Hall–Kier alpha value is -3.17. The molecule has 4 rings (SSSR count). The summed E-state index contributed by atoms with van der Waals surface area (Å²) in [6.07, 6.45) is 0. The highest BCUT2D eigenvalue weighted by Gasteiger charge is 2.13. The Morgan fingerprint density at radius 1 is 1.14 bits per heavy atom. The van der Waals surface area contributed by atoms with Crippen molar-refractivity contribution in [3.8, 4) is 28.5 Å². The third-order valence-electron chi connectivity index (χ3n) is 3.87. The molecule has 0 fully saturated rings. The lowest BCUT2D eigenvalue weighted by Gasteiger charge is -2.00. The summed E-state index contributed by atoms with van der Waals surface area (Å²) >= 11 is 2.55. The van der Waals surface area contributed by atoms with Crippen molar-refractivity contribution in [3.05, 3.63) is 60.0 Å². The molecule has 0 atom stereocenters. The van der Waals surface area contributed by atoms with Crippen molar-refractivity contribution in [2.24, 2.45) is 0 Å². The maximum absolute atomic E-state index is 12.2. The number of hydrogen-bond acceptors (Lipinski definition) is 8. The van der Waals surface area contributed by atoms with Gasteiger partial charge in [-0.05, 0) is 18.2 Å². The van der Waals surface area contributed by atoms with Gasteiger partial charge in [0, 0.05) is 16.5 Å². The van der Waals surface area contributed by atoms with Gasteiger partial charge in [0.2, 0.25) is 11.8 Å². The monoisotopic (exact) mass is 424 g/mol. The van der Waals surface area contributed by atoms with Gasteiger partial charge in [-0.15, -0.1) is 21.5 Å². The smallest absolute Gasteiger partial charge is 0.277 e. The lowest BCUT2D eigenvalue weighted by molar-refractivity contribution is -0.113. The molecule has 4 aromatic rings. The van der Waals surface area contributed by atoms with Crippen molar-refractivity contribution in [1.29, 1.82) is 0 Å². The number of methoxy groups -OCH3 is 1. The van der Waals surface area contributed by atoms with Crippen molar-refractivity contribution in [2.45, 2.75) is 5.22 Å². The van der Waals surface area contributed by atoms with Crippen molar-refractivity contribution in [2.75, 3.05) is 18.2 Å². The number of hydrogen-bond donors (Lipinski definition) is 1. The molecule has 0 bridgehead atoms. The summed E-state index contributed by atoms with van der Waals surface area (Å²) in [4.78, 5) is 16.7. The number of nitrogens with one attached hydrogen (secondary N) is 1. The van der Waals surface area contributed by atoms with Crippen molar-refractivity contribution in [3.63, 3.8) is 0 Å². The number of thiazole rings is 1. The number of benzene rings is 2. The summed E-state index contributed by atoms with van der Waals surface area (Å²) in [7, 11) is 1.60. The Kier molecular flexibility index (Phi) is 5.87. The number of anilines is 1. The highest BCUT2D eigenvalue weighted by atomic mass is 32.2. The van der Waals surface area contributed by atoms with E-state index in [0.717, 1.165) is 16.8 Å². The zero-order valence-electron chi connectivity index (χ0n) is 15.4. The minimum Gasteiger partial charge on any atom is -0.497 e. The average molecular weight is 425 g/mol. The van der Waals surface area contributed by atoms with Gasteiger partial charge in [-0.1, -0.05) is 48.2 Å². The third kappa shape index (κ3) is 4.82. The van der Waals surface area contributed by atoms with E-state index in [0.29, 0.717) is 22.0 Å². The molecule has 0 aliphatic heterocycles. The van der Waals surface area contributed by atoms with Crippen LogP contribution in [0.3, 0.4) is 0 Å².